The second kappa shape index (κ2) is 4.30. The first-order valence-electron chi connectivity index (χ1n) is 5.96. The number of rotatable bonds is 2. The topological polar surface area (TPSA) is 83.0 Å². The minimum atomic E-state index is -0.905. The van der Waals surface area contributed by atoms with Gasteiger partial charge in [0.05, 0.1) is 6.07 Å². The molecule has 0 bridgehead atoms. The van der Waals surface area contributed by atoms with Gasteiger partial charge in [-0.2, -0.15) is 5.26 Å². The molecule has 1 amide bonds. The van der Waals surface area contributed by atoms with Crippen molar-refractivity contribution < 1.29 is 4.79 Å². The number of carbonyl (C=O) groups excluding carboxylic acids is 1. The van der Waals surface area contributed by atoms with Crippen LogP contribution in [0.5, 0.6) is 0 Å². The summed E-state index contributed by atoms with van der Waals surface area (Å²) in [6, 6.07) is 5.60. The fraction of sp³-hybridized carbons (Fsp3) is 0.462. The van der Waals surface area contributed by atoms with E-state index >= 15 is 0 Å². The van der Waals surface area contributed by atoms with Crippen LogP contribution in [0.2, 0.25) is 0 Å². The molecule has 1 aromatic heterocycles. The second-order valence-corrected chi connectivity index (χ2v) is 4.88. The Morgan fingerprint density at radius 3 is 2.83 bits per heavy atom. The third kappa shape index (κ3) is 1.70. The van der Waals surface area contributed by atoms with E-state index in [1.54, 1.807) is 23.2 Å². The fourth-order valence-corrected chi connectivity index (χ4v) is 2.36. The summed E-state index contributed by atoms with van der Waals surface area (Å²) in [5, 5.41) is 9.34. The summed E-state index contributed by atoms with van der Waals surface area (Å²) in [6.45, 7) is 4.37. The highest BCUT2D eigenvalue weighted by atomic mass is 16.2. The number of aromatic nitrogens is 1. The number of nitrogens with zero attached hydrogens (tertiary/aromatic N) is 3. The molecule has 0 aliphatic carbocycles. The molecule has 0 spiro atoms. The Bertz CT molecular complexity index is 520. The molecule has 5 nitrogen and oxygen atoms in total. The van der Waals surface area contributed by atoms with Crippen molar-refractivity contribution in [1.29, 1.82) is 5.26 Å². The van der Waals surface area contributed by atoms with Gasteiger partial charge in [0.25, 0.3) is 0 Å². The monoisotopic (exact) mass is 244 g/mol. The van der Waals surface area contributed by atoms with E-state index in [1.165, 1.54) is 0 Å². The molecule has 1 atom stereocenters. The molecule has 1 aliphatic rings. The van der Waals surface area contributed by atoms with Gasteiger partial charge in [-0.3, -0.25) is 4.79 Å². The van der Waals surface area contributed by atoms with E-state index in [2.05, 4.69) is 11.1 Å². The molecule has 0 radical (unpaired) electrons. The molecule has 0 saturated carbocycles. The first-order chi connectivity index (χ1) is 8.51. The number of nitrogens with two attached hydrogens (primary N) is 1. The maximum absolute atomic E-state index is 12.5. The van der Waals surface area contributed by atoms with Crippen LogP contribution in [-0.4, -0.2) is 17.4 Å². The maximum atomic E-state index is 12.5. The highest BCUT2D eigenvalue weighted by Crippen LogP contribution is 2.40. The molecular formula is C13H16N4O. The fourth-order valence-electron chi connectivity index (χ4n) is 2.36. The van der Waals surface area contributed by atoms with Gasteiger partial charge in [-0.25, -0.2) is 4.98 Å². The summed E-state index contributed by atoms with van der Waals surface area (Å²) >= 11 is 0. The zero-order chi connectivity index (χ0) is 13.3. The smallest absolute Gasteiger partial charge is 0.247 e. The van der Waals surface area contributed by atoms with Crippen molar-refractivity contribution in [1.82, 2.24) is 4.98 Å². The molecule has 2 N–H and O–H groups in total. The lowest BCUT2D eigenvalue weighted by Crippen LogP contribution is -2.37. The van der Waals surface area contributed by atoms with Gasteiger partial charge in [-0.05, 0) is 18.4 Å². The molecule has 2 rings (SSSR count). The van der Waals surface area contributed by atoms with E-state index in [0.29, 0.717) is 24.5 Å². The number of nitrogen functional groups attached to an aromatic ring is 1. The van der Waals surface area contributed by atoms with Crippen LogP contribution in [0.4, 0.5) is 11.5 Å². The number of pyridine rings is 1. The number of hydrogen-bond donors (Lipinski definition) is 1. The first-order valence-corrected chi connectivity index (χ1v) is 5.96. The van der Waals surface area contributed by atoms with Gasteiger partial charge in [0.2, 0.25) is 5.91 Å². The Labute approximate surface area is 106 Å². The van der Waals surface area contributed by atoms with Gasteiger partial charge in [-0.15, -0.1) is 0 Å². The number of amides is 1. The van der Waals surface area contributed by atoms with Gasteiger partial charge >= 0.3 is 0 Å². The SMILES string of the molecule is CC(C)C1(C#N)CCN(c2ccnc(N)c2)C1=O. The van der Waals surface area contributed by atoms with Crippen LogP contribution >= 0.6 is 0 Å². The second-order valence-electron chi connectivity index (χ2n) is 4.88. The third-order valence-electron chi connectivity index (χ3n) is 3.62. The highest BCUT2D eigenvalue weighted by Gasteiger charge is 2.49. The Morgan fingerprint density at radius 1 is 1.61 bits per heavy atom. The first kappa shape index (κ1) is 12.4. The zero-order valence-electron chi connectivity index (χ0n) is 10.6. The van der Waals surface area contributed by atoms with Crippen molar-refractivity contribution in [2.24, 2.45) is 11.3 Å². The van der Waals surface area contributed by atoms with Crippen molar-refractivity contribution in [3.63, 3.8) is 0 Å². The van der Waals surface area contributed by atoms with Crippen LogP contribution in [0.3, 0.4) is 0 Å². The van der Waals surface area contributed by atoms with E-state index in [-0.39, 0.29) is 11.8 Å². The summed E-state index contributed by atoms with van der Waals surface area (Å²) in [4.78, 5) is 18.0. The third-order valence-corrected chi connectivity index (χ3v) is 3.62. The van der Waals surface area contributed by atoms with Crippen LogP contribution in [0.25, 0.3) is 0 Å². The van der Waals surface area contributed by atoms with Crippen molar-refractivity contribution in [3.8, 4) is 6.07 Å². The Balaban J connectivity index is 2.36. The molecule has 5 heteroatoms. The molecular weight excluding hydrogens is 228 g/mol. The molecule has 1 aliphatic heterocycles. The van der Waals surface area contributed by atoms with Crippen LogP contribution in [0, 0.1) is 22.7 Å². The molecule has 1 fully saturated rings. The van der Waals surface area contributed by atoms with Gasteiger partial charge in [0, 0.05) is 24.5 Å². The predicted molar refractivity (Wildman–Crippen MR) is 68.5 cm³/mol. The largest absolute Gasteiger partial charge is 0.384 e. The van der Waals surface area contributed by atoms with Crippen molar-refractivity contribution >= 4 is 17.4 Å². The van der Waals surface area contributed by atoms with Crippen molar-refractivity contribution in [2.75, 3.05) is 17.2 Å². The molecule has 1 saturated heterocycles. The normalized spacial score (nSPS) is 23.4. The maximum Gasteiger partial charge on any atom is 0.247 e. The molecule has 1 unspecified atom stereocenters. The van der Waals surface area contributed by atoms with Gasteiger partial charge in [0.15, 0.2) is 0 Å². The molecule has 2 heterocycles. The predicted octanol–water partition coefficient (Wildman–Crippen LogP) is 1.57. The van der Waals surface area contributed by atoms with Gasteiger partial charge in [0.1, 0.15) is 11.2 Å². The minimum absolute atomic E-state index is 0.000755. The van der Waals surface area contributed by atoms with Crippen LogP contribution in [0.15, 0.2) is 18.3 Å². The van der Waals surface area contributed by atoms with E-state index < -0.39 is 5.41 Å². The number of nitriles is 1. The van der Waals surface area contributed by atoms with Crippen LogP contribution in [-0.2, 0) is 4.79 Å². The number of hydrogen-bond acceptors (Lipinski definition) is 4. The molecule has 94 valence electrons. The van der Waals surface area contributed by atoms with Crippen molar-refractivity contribution in [2.45, 2.75) is 20.3 Å². The lowest BCUT2D eigenvalue weighted by molar-refractivity contribution is -0.124. The Morgan fingerprint density at radius 2 is 2.33 bits per heavy atom. The van der Waals surface area contributed by atoms with E-state index in [9.17, 15) is 10.1 Å². The van der Waals surface area contributed by atoms with Gasteiger partial charge < -0.3 is 10.6 Å². The van der Waals surface area contributed by atoms with Gasteiger partial charge in [-0.1, -0.05) is 13.8 Å². The quantitative estimate of drug-likeness (QED) is 0.855. The zero-order valence-corrected chi connectivity index (χ0v) is 10.6. The molecule has 0 aromatic carbocycles. The summed E-state index contributed by atoms with van der Waals surface area (Å²) in [6.07, 6.45) is 2.13. The summed E-state index contributed by atoms with van der Waals surface area (Å²) in [5.74, 6) is 0.240. The summed E-state index contributed by atoms with van der Waals surface area (Å²) < 4.78 is 0. The standard InChI is InChI=1S/C13H16N4O/c1-9(2)13(8-14)4-6-17(12(13)18)10-3-5-16-11(15)7-10/h3,5,7,9H,4,6H2,1-2H3,(H2,15,16). The molecule has 1 aromatic rings. The van der Waals surface area contributed by atoms with Crippen LogP contribution < -0.4 is 10.6 Å². The summed E-state index contributed by atoms with van der Waals surface area (Å²) in [5.41, 5.74) is 5.43. The van der Waals surface area contributed by atoms with Crippen molar-refractivity contribution in [3.05, 3.63) is 18.3 Å². The minimum Gasteiger partial charge on any atom is -0.384 e. The lowest BCUT2D eigenvalue weighted by atomic mass is 9.77. The van der Waals surface area contributed by atoms with E-state index in [4.69, 9.17) is 5.73 Å². The number of anilines is 2. The average Bonchev–Trinajstić information content (AvgIpc) is 2.67. The Kier molecular flexibility index (Phi) is 2.95. The lowest BCUT2D eigenvalue weighted by Gasteiger charge is -2.24. The van der Waals surface area contributed by atoms with E-state index in [0.717, 1.165) is 0 Å². The summed E-state index contributed by atoms with van der Waals surface area (Å²) in [7, 11) is 0. The van der Waals surface area contributed by atoms with Crippen LogP contribution in [0.1, 0.15) is 20.3 Å². The Hall–Kier alpha value is -2.09. The highest BCUT2D eigenvalue weighted by molar-refractivity contribution is 6.02. The average molecular weight is 244 g/mol. The van der Waals surface area contributed by atoms with E-state index in [1.807, 2.05) is 13.8 Å². The number of carbonyl (C=O) groups is 1. The molecule has 18 heavy (non-hydrogen) atoms.